The van der Waals surface area contributed by atoms with E-state index in [0.717, 1.165) is 17.5 Å². The molecular weight excluding hydrogens is 412 g/mol. The lowest BCUT2D eigenvalue weighted by molar-refractivity contribution is 0.0985. The van der Waals surface area contributed by atoms with Gasteiger partial charge in [0.2, 0.25) is 0 Å². The van der Waals surface area contributed by atoms with Crippen molar-refractivity contribution in [2.75, 3.05) is 37.3 Å². The predicted molar refractivity (Wildman–Crippen MR) is 124 cm³/mol. The van der Waals surface area contributed by atoms with E-state index in [4.69, 9.17) is 4.74 Å². The molecule has 0 radical (unpaired) electrons. The van der Waals surface area contributed by atoms with Crippen molar-refractivity contribution in [1.82, 2.24) is 0 Å². The number of nitrogens with zero attached hydrogens (tertiary/aromatic N) is 2. The Labute approximate surface area is 183 Å². The Bertz CT molecular complexity index is 1150. The van der Waals surface area contributed by atoms with Gasteiger partial charge >= 0.3 is 0 Å². The molecule has 0 unspecified atom stereocenters. The molecule has 1 amide bonds. The van der Waals surface area contributed by atoms with Crippen molar-refractivity contribution in [1.29, 1.82) is 0 Å². The highest BCUT2D eigenvalue weighted by atomic mass is 32.2. The molecular formula is C24H26N2O4S. The highest BCUT2D eigenvalue weighted by Gasteiger charge is 2.20. The van der Waals surface area contributed by atoms with E-state index in [-0.39, 0.29) is 10.8 Å². The molecule has 0 bridgehead atoms. The highest BCUT2D eigenvalue weighted by molar-refractivity contribution is 7.90. The molecule has 7 heteroatoms. The van der Waals surface area contributed by atoms with Crippen molar-refractivity contribution in [2.24, 2.45) is 0 Å². The van der Waals surface area contributed by atoms with Gasteiger partial charge in [-0.25, -0.2) is 8.42 Å². The Balaban J connectivity index is 1.99. The van der Waals surface area contributed by atoms with E-state index in [9.17, 15) is 13.2 Å². The molecule has 0 saturated carbocycles. The summed E-state index contributed by atoms with van der Waals surface area (Å²) in [6.07, 6.45) is 1.13. The number of amides is 1. The first-order valence-corrected chi connectivity index (χ1v) is 11.6. The zero-order chi connectivity index (χ0) is 22.6. The molecule has 0 atom stereocenters. The number of carbonyl (C=O) groups is 1. The number of hydrogen-bond acceptors (Lipinski definition) is 5. The van der Waals surface area contributed by atoms with Crippen LogP contribution in [0, 0.1) is 0 Å². The van der Waals surface area contributed by atoms with Crippen molar-refractivity contribution in [3.63, 3.8) is 0 Å². The zero-order valence-electron chi connectivity index (χ0n) is 18.1. The molecule has 0 aliphatic heterocycles. The molecule has 0 aliphatic carbocycles. The van der Waals surface area contributed by atoms with Crippen LogP contribution in [0.2, 0.25) is 0 Å². The SMILES string of the molecule is COc1ccc(N(Cc2ccc(N(C)C)cc2)C(=O)c2cccc(S(C)(=O)=O)c2)cc1. The van der Waals surface area contributed by atoms with Gasteiger partial charge in [-0.15, -0.1) is 0 Å². The first kappa shape index (κ1) is 22.4. The topological polar surface area (TPSA) is 66.9 Å². The van der Waals surface area contributed by atoms with E-state index >= 15 is 0 Å². The largest absolute Gasteiger partial charge is 0.497 e. The first-order chi connectivity index (χ1) is 14.7. The third-order valence-electron chi connectivity index (χ3n) is 4.93. The minimum Gasteiger partial charge on any atom is -0.497 e. The second-order valence-corrected chi connectivity index (χ2v) is 9.47. The van der Waals surface area contributed by atoms with Gasteiger partial charge in [0.05, 0.1) is 18.6 Å². The normalized spacial score (nSPS) is 11.1. The lowest BCUT2D eigenvalue weighted by Gasteiger charge is -2.24. The minimum atomic E-state index is -3.42. The summed E-state index contributed by atoms with van der Waals surface area (Å²) in [5.41, 5.74) is 3.01. The molecule has 0 spiro atoms. The summed E-state index contributed by atoms with van der Waals surface area (Å²) in [4.78, 5) is 17.2. The zero-order valence-corrected chi connectivity index (χ0v) is 18.9. The summed E-state index contributed by atoms with van der Waals surface area (Å²) in [5, 5.41) is 0. The van der Waals surface area contributed by atoms with Crippen molar-refractivity contribution >= 4 is 27.1 Å². The molecule has 3 aromatic carbocycles. The number of sulfone groups is 1. The lowest BCUT2D eigenvalue weighted by atomic mass is 10.1. The molecule has 31 heavy (non-hydrogen) atoms. The van der Waals surface area contributed by atoms with E-state index in [1.54, 1.807) is 36.3 Å². The summed E-state index contributed by atoms with van der Waals surface area (Å²) in [7, 11) is 2.10. The Morgan fingerprint density at radius 2 is 1.52 bits per heavy atom. The summed E-state index contributed by atoms with van der Waals surface area (Å²) in [6.45, 7) is 0.335. The third kappa shape index (κ3) is 5.44. The van der Waals surface area contributed by atoms with Crippen molar-refractivity contribution in [3.05, 3.63) is 83.9 Å². The fourth-order valence-corrected chi connectivity index (χ4v) is 3.81. The summed E-state index contributed by atoms with van der Waals surface area (Å²) in [5.74, 6) is 0.401. The maximum atomic E-state index is 13.5. The predicted octanol–water partition coefficient (Wildman–Crippen LogP) is 4.01. The lowest BCUT2D eigenvalue weighted by Crippen LogP contribution is -2.30. The van der Waals surface area contributed by atoms with E-state index in [0.29, 0.717) is 23.5 Å². The van der Waals surface area contributed by atoms with Gasteiger partial charge in [-0.2, -0.15) is 0 Å². The number of rotatable bonds is 7. The molecule has 0 fully saturated rings. The molecule has 0 heterocycles. The van der Waals surface area contributed by atoms with Crippen LogP contribution < -0.4 is 14.5 Å². The van der Waals surface area contributed by atoms with E-state index in [1.807, 2.05) is 55.4 Å². The van der Waals surface area contributed by atoms with Gasteiger partial charge in [-0.05, 0) is 60.2 Å². The van der Waals surface area contributed by atoms with Crippen LogP contribution in [-0.4, -0.2) is 41.8 Å². The van der Waals surface area contributed by atoms with E-state index in [2.05, 4.69) is 0 Å². The van der Waals surface area contributed by atoms with Crippen molar-refractivity contribution < 1.29 is 17.9 Å². The van der Waals surface area contributed by atoms with Crippen molar-refractivity contribution in [3.8, 4) is 5.75 Å². The van der Waals surface area contributed by atoms with Gasteiger partial charge in [0, 0.05) is 37.3 Å². The monoisotopic (exact) mass is 438 g/mol. The molecule has 3 rings (SSSR count). The van der Waals surface area contributed by atoms with Crippen LogP contribution >= 0.6 is 0 Å². The third-order valence-corrected chi connectivity index (χ3v) is 6.04. The molecule has 0 aliphatic rings. The number of anilines is 2. The van der Waals surface area contributed by atoms with Crippen LogP contribution in [-0.2, 0) is 16.4 Å². The maximum Gasteiger partial charge on any atom is 0.258 e. The maximum absolute atomic E-state index is 13.5. The van der Waals surface area contributed by atoms with Gasteiger partial charge in [-0.1, -0.05) is 18.2 Å². The molecule has 0 N–H and O–H groups in total. The van der Waals surface area contributed by atoms with Crippen molar-refractivity contribution in [2.45, 2.75) is 11.4 Å². The van der Waals surface area contributed by atoms with Crippen LogP contribution in [0.3, 0.4) is 0 Å². The fraction of sp³-hybridized carbons (Fsp3) is 0.208. The van der Waals surface area contributed by atoms with Gasteiger partial charge in [-0.3, -0.25) is 4.79 Å². The number of carbonyl (C=O) groups excluding carboxylic acids is 1. The highest BCUT2D eigenvalue weighted by Crippen LogP contribution is 2.25. The first-order valence-electron chi connectivity index (χ1n) is 9.71. The Hall–Kier alpha value is -3.32. The Morgan fingerprint density at radius 3 is 2.06 bits per heavy atom. The van der Waals surface area contributed by atoms with Crippen LogP contribution in [0.5, 0.6) is 5.75 Å². The van der Waals surface area contributed by atoms with E-state index in [1.165, 1.54) is 12.1 Å². The van der Waals surface area contributed by atoms with Crippen LogP contribution in [0.1, 0.15) is 15.9 Å². The second-order valence-electron chi connectivity index (χ2n) is 7.45. The molecule has 162 valence electrons. The van der Waals surface area contributed by atoms with Crippen LogP contribution in [0.25, 0.3) is 0 Å². The van der Waals surface area contributed by atoms with Gasteiger partial charge in [0.25, 0.3) is 5.91 Å². The number of hydrogen-bond donors (Lipinski definition) is 0. The van der Waals surface area contributed by atoms with Gasteiger partial charge < -0.3 is 14.5 Å². The molecule has 0 saturated heterocycles. The number of benzene rings is 3. The quantitative estimate of drug-likeness (QED) is 0.558. The smallest absolute Gasteiger partial charge is 0.258 e. The molecule has 6 nitrogen and oxygen atoms in total. The molecule has 3 aromatic rings. The van der Waals surface area contributed by atoms with Crippen LogP contribution in [0.4, 0.5) is 11.4 Å². The average molecular weight is 439 g/mol. The van der Waals surface area contributed by atoms with Gasteiger partial charge in [0.15, 0.2) is 9.84 Å². The Kier molecular flexibility index (Phi) is 6.65. The van der Waals surface area contributed by atoms with Gasteiger partial charge in [0.1, 0.15) is 5.75 Å². The standard InChI is InChI=1S/C24H26N2O4S/c1-25(2)20-10-8-18(9-11-20)17-26(21-12-14-22(30-3)15-13-21)24(27)19-6-5-7-23(16-19)31(4,28)29/h5-16H,17H2,1-4H3. The minimum absolute atomic E-state index is 0.114. The Morgan fingerprint density at radius 1 is 0.903 bits per heavy atom. The second kappa shape index (κ2) is 9.22. The number of methoxy groups -OCH3 is 1. The number of ether oxygens (including phenoxy) is 1. The summed E-state index contributed by atoms with van der Waals surface area (Å²) in [6, 6.07) is 21.3. The molecule has 0 aromatic heterocycles. The fourth-order valence-electron chi connectivity index (χ4n) is 3.14. The summed E-state index contributed by atoms with van der Waals surface area (Å²) < 4.78 is 29.1. The summed E-state index contributed by atoms with van der Waals surface area (Å²) >= 11 is 0. The van der Waals surface area contributed by atoms with Crippen LogP contribution in [0.15, 0.2) is 77.7 Å². The van der Waals surface area contributed by atoms with E-state index < -0.39 is 9.84 Å². The average Bonchev–Trinajstić information content (AvgIpc) is 2.77.